The second kappa shape index (κ2) is 9.63. The van der Waals surface area contributed by atoms with Crippen LogP contribution in [-0.2, 0) is 0 Å². The zero-order chi connectivity index (χ0) is 25.2. The number of nitrogens with zero attached hydrogens (tertiary/aromatic N) is 2. The number of benzene rings is 1. The zero-order valence-corrected chi connectivity index (χ0v) is 18.5. The Kier molecular flexibility index (Phi) is 6.61. The predicted octanol–water partition coefficient (Wildman–Crippen LogP) is 3.93. The van der Waals surface area contributed by atoms with E-state index in [4.69, 9.17) is 16.3 Å². The van der Waals surface area contributed by atoms with E-state index in [0.717, 1.165) is 0 Å². The lowest BCUT2D eigenvalue weighted by molar-refractivity contribution is -0.139. The minimum Gasteiger partial charge on any atom is -0.493 e. The van der Waals surface area contributed by atoms with Crippen molar-refractivity contribution in [2.24, 2.45) is 0 Å². The van der Waals surface area contributed by atoms with Crippen LogP contribution in [0, 0.1) is 0 Å². The number of pyridine rings is 2. The number of nitrogens with one attached hydrogen (secondary N) is 2. The van der Waals surface area contributed by atoms with Crippen LogP contribution in [0.2, 0.25) is 5.02 Å². The predicted molar refractivity (Wildman–Crippen MR) is 123 cm³/mol. The van der Waals surface area contributed by atoms with E-state index in [0.29, 0.717) is 5.69 Å². The molecule has 0 atom stereocenters. The normalized spacial score (nSPS) is 11.4. The lowest BCUT2D eigenvalue weighted by Crippen LogP contribution is -2.24. The molecule has 4 aromatic rings. The van der Waals surface area contributed by atoms with Crippen LogP contribution in [0.1, 0.15) is 6.42 Å². The van der Waals surface area contributed by atoms with Crippen LogP contribution in [0.15, 0.2) is 75.6 Å². The Bertz CT molecular complexity index is 1550. The van der Waals surface area contributed by atoms with Gasteiger partial charge in [-0.2, -0.15) is 13.2 Å². The third kappa shape index (κ3) is 5.69. The number of rotatable bonds is 6. The van der Waals surface area contributed by atoms with Gasteiger partial charge in [-0.05, 0) is 42.0 Å². The molecule has 3 heterocycles. The molecule has 0 amide bonds. The van der Waals surface area contributed by atoms with Gasteiger partial charge in [-0.15, -0.1) is 0 Å². The van der Waals surface area contributed by atoms with Gasteiger partial charge in [0.2, 0.25) is 0 Å². The minimum absolute atomic E-state index is 0.0383. The number of alkyl halides is 3. The summed E-state index contributed by atoms with van der Waals surface area (Å²) in [6, 6.07) is 8.83. The van der Waals surface area contributed by atoms with Crippen LogP contribution in [-0.4, -0.2) is 32.3 Å². The van der Waals surface area contributed by atoms with E-state index in [1.165, 1.54) is 53.6 Å². The Morgan fingerprint density at radius 1 is 1.06 bits per heavy atom. The topological polar surface area (TPSA) is 110 Å². The second-order valence-corrected chi connectivity index (χ2v) is 7.84. The molecule has 12 heteroatoms. The highest BCUT2D eigenvalue weighted by atomic mass is 35.5. The van der Waals surface area contributed by atoms with Crippen LogP contribution in [0.4, 0.5) is 13.2 Å². The summed E-state index contributed by atoms with van der Waals surface area (Å²) >= 11 is 6.16. The monoisotopic (exact) mass is 504 g/mol. The van der Waals surface area contributed by atoms with E-state index >= 15 is 0 Å². The molecule has 0 saturated heterocycles. The lowest BCUT2D eigenvalue weighted by atomic mass is 10.0. The number of aromatic amines is 2. The van der Waals surface area contributed by atoms with Crippen molar-refractivity contribution >= 4 is 11.6 Å². The molecule has 0 saturated carbocycles. The Morgan fingerprint density at radius 2 is 1.86 bits per heavy atom. The molecule has 8 nitrogen and oxygen atoms in total. The summed E-state index contributed by atoms with van der Waals surface area (Å²) in [5.74, 6) is 0.0383. The van der Waals surface area contributed by atoms with Crippen molar-refractivity contribution < 1.29 is 17.9 Å². The molecule has 35 heavy (non-hydrogen) atoms. The number of aromatic nitrogens is 4. The van der Waals surface area contributed by atoms with E-state index in [-0.39, 0.29) is 33.0 Å². The number of hydrogen-bond donors (Lipinski definition) is 2. The van der Waals surface area contributed by atoms with E-state index in [1.807, 2.05) is 0 Å². The Morgan fingerprint density at radius 3 is 2.54 bits per heavy atom. The molecule has 0 aliphatic carbocycles. The summed E-state index contributed by atoms with van der Waals surface area (Å²) in [6.07, 6.45) is 0.0340. The van der Waals surface area contributed by atoms with E-state index in [1.54, 1.807) is 12.1 Å². The minimum atomic E-state index is -4.39. The first kappa shape index (κ1) is 24.0. The van der Waals surface area contributed by atoms with Gasteiger partial charge in [-0.25, -0.2) is 4.79 Å². The quantitative estimate of drug-likeness (QED) is 0.413. The van der Waals surface area contributed by atoms with Gasteiger partial charge in [0, 0.05) is 34.7 Å². The van der Waals surface area contributed by atoms with Crippen LogP contribution in [0.25, 0.3) is 27.9 Å². The molecule has 0 unspecified atom stereocenters. The van der Waals surface area contributed by atoms with Gasteiger partial charge in [-0.3, -0.25) is 24.1 Å². The summed E-state index contributed by atoms with van der Waals surface area (Å²) in [7, 11) is 0. The molecule has 0 spiro atoms. The van der Waals surface area contributed by atoms with Crippen molar-refractivity contribution in [3.05, 3.63) is 97.4 Å². The molecule has 2 N–H and O–H groups in total. The number of H-pyrrole nitrogens is 2. The average Bonchev–Trinajstić information content (AvgIpc) is 2.79. The molecule has 0 radical (unpaired) electrons. The van der Waals surface area contributed by atoms with Crippen molar-refractivity contribution in [2.45, 2.75) is 12.6 Å². The van der Waals surface area contributed by atoms with Crippen LogP contribution < -0.4 is 21.5 Å². The Balaban J connectivity index is 1.88. The van der Waals surface area contributed by atoms with Gasteiger partial charge in [0.25, 0.3) is 11.1 Å². The number of hydrogen-bond acceptors (Lipinski definition) is 5. The van der Waals surface area contributed by atoms with Crippen molar-refractivity contribution in [3.63, 3.8) is 0 Å². The number of halogens is 4. The Hall–Kier alpha value is -4.12. The van der Waals surface area contributed by atoms with Crippen molar-refractivity contribution in [3.8, 4) is 33.7 Å². The lowest BCUT2D eigenvalue weighted by Gasteiger charge is -2.14. The van der Waals surface area contributed by atoms with Gasteiger partial charge in [0.05, 0.1) is 30.5 Å². The fourth-order valence-electron chi connectivity index (χ4n) is 3.33. The van der Waals surface area contributed by atoms with E-state index in [2.05, 4.69) is 15.0 Å². The fourth-order valence-corrected chi connectivity index (χ4v) is 3.56. The smallest absolute Gasteiger partial charge is 0.392 e. The SMILES string of the molecule is O=c1[nH]cc(-c2cc(-c3cc(Cl)cc(OCCC(F)(F)F)c3)c(=O)n(-c3cccnc3)c2)c(=O)[nH]1. The molecule has 0 aliphatic heterocycles. The molecule has 180 valence electrons. The summed E-state index contributed by atoms with van der Waals surface area (Å²) in [6.45, 7) is -0.629. The van der Waals surface area contributed by atoms with Crippen molar-refractivity contribution in [1.29, 1.82) is 0 Å². The molecule has 0 fully saturated rings. The van der Waals surface area contributed by atoms with Gasteiger partial charge in [0.15, 0.2) is 0 Å². The van der Waals surface area contributed by atoms with Gasteiger partial charge < -0.3 is 9.72 Å². The average molecular weight is 505 g/mol. The van der Waals surface area contributed by atoms with E-state index in [9.17, 15) is 27.6 Å². The standard InChI is InChI=1S/C23H16ClF3N4O4/c24-15-6-13(7-17(9-15)35-5-3-23(25,26)27)18-8-14(19-11-29-22(34)30-20(19)32)12-31(21(18)33)16-2-1-4-28-10-16/h1-2,4,6-12H,3,5H2,(H2,29,30,32,34). The maximum absolute atomic E-state index is 13.4. The third-order valence-electron chi connectivity index (χ3n) is 4.91. The third-order valence-corrected chi connectivity index (χ3v) is 5.13. The maximum atomic E-state index is 13.4. The highest BCUT2D eigenvalue weighted by molar-refractivity contribution is 6.31. The zero-order valence-electron chi connectivity index (χ0n) is 17.7. The summed E-state index contributed by atoms with van der Waals surface area (Å²) in [4.78, 5) is 45.8. The molecular formula is C23H16ClF3N4O4. The highest BCUT2D eigenvalue weighted by Crippen LogP contribution is 2.30. The maximum Gasteiger partial charge on any atom is 0.392 e. The fraction of sp³-hybridized carbons (Fsp3) is 0.130. The first-order chi connectivity index (χ1) is 16.6. The van der Waals surface area contributed by atoms with Crippen molar-refractivity contribution in [1.82, 2.24) is 19.5 Å². The van der Waals surface area contributed by atoms with E-state index < -0.39 is 36.0 Å². The van der Waals surface area contributed by atoms with Crippen LogP contribution in [0.3, 0.4) is 0 Å². The van der Waals surface area contributed by atoms with Gasteiger partial charge in [-0.1, -0.05) is 11.6 Å². The van der Waals surface area contributed by atoms with Crippen LogP contribution in [0.5, 0.6) is 5.75 Å². The van der Waals surface area contributed by atoms with Crippen molar-refractivity contribution in [2.75, 3.05) is 6.61 Å². The largest absolute Gasteiger partial charge is 0.493 e. The van der Waals surface area contributed by atoms with Gasteiger partial charge >= 0.3 is 11.9 Å². The molecule has 0 bridgehead atoms. The first-order valence-corrected chi connectivity index (χ1v) is 10.5. The highest BCUT2D eigenvalue weighted by Gasteiger charge is 2.27. The van der Waals surface area contributed by atoms with Crippen LogP contribution >= 0.6 is 11.6 Å². The Labute approximate surface area is 199 Å². The molecule has 4 rings (SSSR count). The summed E-state index contributed by atoms with van der Waals surface area (Å²) in [5.41, 5.74) is -0.803. The second-order valence-electron chi connectivity index (χ2n) is 7.40. The molecule has 0 aliphatic rings. The first-order valence-electron chi connectivity index (χ1n) is 10.1. The summed E-state index contributed by atoms with van der Waals surface area (Å²) < 4.78 is 44.0. The summed E-state index contributed by atoms with van der Waals surface area (Å²) in [5, 5.41) is 0.129. The number of ether oxygens (including phenoxy) is 1. The molecule has 1 aromatic carbocycles. The van der Waals surface area contributed by atoms with Gasteiger partial charge in [0.1, 0.15) is 5.75 Å². The molecular weight excluding hydrogens is 489 g/mol. The molecule has 3 aromatic heterocycles.